The normalized spacial score (nSPS) is 44.9. The molecule has 86 valence electrons. The van der Waals surface area contributed by atoms with Gasteiger partial charge in [-0.2, -0.15) is 0 Å². The van der Waals surface area contributed by atoms with Gasteiger partial charge in [0.25, 0.3) is 0 Å². The summed E-state index contributed by atoms with van der Waals surface area (Å²) >= 11 is 0. The Morgan fingerprint density at radius 2 is 1.93 bits per heavy atom. The second-order valence-electron chi connectivity index (χ2n) is 6.15. The molecule has 0 aliphatic heterocycles. The number of ketones is 1. The van der Waals surface area contributed by atoms with Crippen molar-refractivity contribution >= 4 is 5.78 Å². The molecule has 0 aromatic rings. The Balaban J connectivity index is 2.35. The molecular formula is C13H22O2. The van der Waals surface area contributed by atoms with Gasteiger partial charge in [-0.15, -0.1) is 0 Å². The minimum Gasteiger partial charge on any atom is -0.393 e. The van der Waals surface area contributed by atoms with Crippen LogP contribution in [-0.2, 0) is 4.79 Å². The minimum atomic E-state index is -0.228. The molecule has 3 unspecified atom stereocenters. The maximum absolute atomic E-state index is 11.9. The van der Waals surface area contributed by atoms with E-state index in [-0.39, 0.29) is 16.9 Å². The van der Waals surface area contributed by atoms with E-state index in [1.807, 2.05) is 0 Å². The Labute approximate surface area is 92.1 Å². The minimum absolute atomic E-state index is 0.0182. The average molecular weight is 210 g/mol. The molecule has 0 saturated heterocycles. The molecule has 0 heterocycles. The van der Waals surface area contributed by atoms with Crippen LogP contribution in [0.1, 0.15) is 52.9 Å². The van der Waals surface area contributed by atoms with Crippen molar-refractivity contribution < 1.29 is 9.90 Å². The van der Waals surface area contributed by atoms with Crippen molar-refractivity contribution in [2.24, 2.45) is 16.7 Å². The van der Waals surface area contributed by atoms with Gasteiger partial charge in [0.1, 0.15) is 5.78 Å². The van der Waals surface area contributed by atoms with E-state index in [1.165, 1.54) is 0 Å². The first kappa shape index (κ1) is 11.1. The zero-order valence-corrected chi connectivity index (χ0v) is 10.0. The third-order valence-electron chi connectivity index (χ3n) is 5.01. The molecule has 1 N–H and O–H groups in total. The molecule has 2 saturated carbocycles. The Morgan fingerprint density at radius 1 is 1.27 bits per heavy atom. The number of hydrogen-bond donors (Lipinski definition) is 1. The molecule has 0 aromatic carbocycles. The molecule has 2 heteroatoms. The van der Waals surface area contributed by atoms with Crippen LogP contribution in [0.3, 0.4) is 0 Å². The van der Waals surface area contributed by atoms with Crippen molar-refractivity contribution in [1.82, 2.24) is 0 Å². The third-order valence-corrected chi connectivity index (χ3v) is 5.01. The Kier molecular flexibility index (Phi) is 2.45. The topological polar surface area (TPSA) is 37.3 Å². The van der Waals surface area contributed by atoms with Gasteiger partial charge in [0.15, 0.2) is 0 Å². The lowest BCUT2D eigenvalue weighted by Crippen LogP contribution is -2.54. The molecule has 0 amide bonds. The quantitative estimate of drug-likeness (QED) is 0.667. The number of rotatable bonds is 0. The Hall–Kier alpha value is -0.370. The number of carbonyl (C=O) groups excluding carboxylic acids is 1. The average Bonchev–Trinajstić information content (AvgIpc) is 2.16. The van der Waals surface area contributed by atoms with Gasteiger partial charge in [0.2, 0.25) is 0 Å². The van der Waals surface area contributed by atoms with Crippen LogP contribution in [0.4, 0.5) is 0 Å². The highest BCUT2D eigenvalue weighted by Crippen LogP contribution is 2.56. The lowest BCUT2D eigenvalue weighted by Gasteiger charge is -2.54. The van der Waals surface area contributed by atoms with Crippen molar-refractivity contribution in [3.8, 4) is 0 Å². The summed E-state index contributed by atoms with van der Waals surface area (Å²) in [6.45, 7) is 6.31. The lowest BCUT2D eigenvalue weighted by molar-refractivity contribution is -0.154. The SMILES string of the molecule is CC1(C)C(=O)CCC2(C)C(O)CCCC12. The van der Waals surface area contributed by atoms with E-state index in [9.17, 15) is 9.90 Å². The van der Waals surface area contributed by atoms with Crippen LogP contribution in [0.25, 0.3) is 0 Å². The molecule has 0 radical (unpaired) electrons. The van der Waals surface area contributed by atoms with Crippen molar-refractivity contribution in [3.63, 3.8) is 0 Å². The molecule has 2 aliphatic rings. The maximum atomic E-state index is 11.9. The number of aliphatic hydroxyl groups is 1. The van der Waals surface area contributed by atoms with Crippen LogP contribution in [0.5, 0.6) is 0 Å². The van der Waals surface area contributed by atoms with E-state index in [0.29, 0.717) is 18.1 Å². The summed E-state index contributed by atoms with van der Waals surface area (Å²) in [7, 11) is 0. The largest absolute Gasteiger partial charge is 0.393 e. The van der Waals surface area contributed by atoms with E-state index in [4.69, 9.17) is 0 Å². The van der Waals surface area contributed by atoms with E-state index in [1.54, 1.807) is 0 Å². The van der Waals surface area contributed by atoms with Gasteiger partial charge in [0.05, 0.1) is 6.10 Å². The number of aliphatic hydroxyl groups excluding tert-OH is 1. The number of hydrogen-bond acceptors (Lipinski definition) is 2. The van der Waals surface area contributed by atoms with E-state index < -0.39 is 0 Å². The van der Waals surface area contributed by atoms with E-state index in [2.05, 4.69) is 20.8 Å². The number of carbonyl (C=O) groups is 1. The molecule has 0 aromatic heterocycles. The fourth-order valence-electron chi connectivity index (χ4n) is 3.83. The van der Waals surface area contributed by atoms with Crippen LogP contribution >= 0.6 is 0 Å². The van der Waals surface area contributed by atoms with Gasteiger partial charge in [-0.05, 0) is 30.6 Å². The first-order valence-corrected chi connectivity index (χ1v) is 6.10. The molecule has 2 fully saturated rings. The predicted octanol–water partition coefficient (Wildman–Crippen LogP) is 2.54. The van der Waals surface area contributed by atoms with Crippen LogP contribution in [0.15, 0.2) is 0 Å². The second kappa shape index (κ2) is 3.31. The smallest absolute Gasteiger partial charge is 0.138 e. The van der Waals surface area contributed by atoms with Crippen LogP contribution in [-0.4, -0.2) is 17.0 Å². The highest BCUT2D eigenvalue weighted by atomic mass is 16.3. The van der Waals surface area contributed by atoms with Gasteiger partial charge in [-0.25, -0.2) is 0 Å². The van der Waals surface area contributed by atoms with Gasteiger partial charge < -0.3 is 5.11 Å². The summed E-state index contributed by atoms with van der Waals surface area (Å²) in [6, 6.07) is 0. The molecule has 0 bridgehead atoms. The molecule has 2 aliphatic carbocycles. The standard InChI is InChI=1S/C13H22O2/c1-12(2)9-5-4-6-11(15)13(9,3)8-7-10(12)14/h9,11,15H,4-8H2,1-3H3. The van der Waals surface area contributed by atoms with Gasteiger partial charge in [-0.3, -0.25) is 4.79 Å². The van der Waals surface area contributed by atoms with Gasteiger partial charge >= 0.3 is 0 Å². The van der Waals surface area contributed by atoms with E-state index >= 15 is 0 Å². The lowest BCUT2D eigenvalue weighted by atomic mass is 9.50. The van der Waals surface area contributed by atoms with E-state index in [0.717, 1.165) is 25.7 Å². The predicted molar refractivity (Wildman–Crippen MR) is 59.5 cm³/mol. The fourth-order valence-corrected chi connectivity index (χ4v) is 3.83. The summed E-state index contributed by atoms with van der Waals surface area (Å²) in [5, 5.41) is 10.2. The van der Waals surface area contributed by atoms with Gasteiger partial charge in [0, 0.05) is 11.8 Å². The Bertz CT molecular complexity index is 282. The van der Waals surface area contributed by atoms with Crippen molar-refractivity contribution in [3.05, 3.63) is 0 Å². The maximum Gasteiger partial charge on any atom is 0.138 e. The van der Waals surface area contributed by atoms with Crippen molar-refractivity contribution in [2.75, 3.05) is 0 Å². The van der Waals surface area contributed by atoms with Crippen molar-refractivity contribution in [2.45, 2.75) is 59.0 Å². The zero-order chi connectivity index (χ0) is 11.3. The molecule has 2 nitrogen and oxygen atoms in total. The zero-order valence-electron chi connectivity index (χ0n) is 10.0. The monoisotopic (exact) mass is 210 g/mol. The highest BCUT2D eigenvalue weighted by Gasteiger charge is 2.54. The summed E-state index contributed by atoms with van der Waals surface area (Å²) in [5.74, 6) is 0.758. The molecule has 15 heavy (non-hydrogen) atoms. The third kappa shape index (κ3) is 1.45. The summed E-state index contributed by atoms with van der Waals surface area (Å²) in [5.41, 5.74) is -0.246. The Morgan fingerprint density at radius 3 is 2.60 bits per heavy atom. The van der Waals surface area contributed by atoms with Crippen LogP contribution in [0, 0.1) is 16.7 Å². The second-order valence-corrected chi connectivity index (χ2v) is 6.15. The van der Waals surface area contributed by atoms with Crippen LogP contribution in [0.2, 0.25) is 0 Å². The first-order valence-electron chi connectivity index (χ1n) is 6.10. The highest BCUT2D eigenvalue weighted by molar-refractivity contribution is 5.85. The summed E-state index contributed by atoms with van der Waals surface area (Å²) in [6.07, 6.45) is 4.41. The molecule has 2 rings (SSSR count). The number of Topliss-reactive ketones (excluding diaryl/α,β-unsaturated/α-hetero) is 1. The summed E-state index contributed by atoms with van der Waals surface area (Å²) in [4.78, 5) is 11.9. The van der Waals surface area contributed by atoms with Crippen molar-refractivity contribution in [1.29, 1.82) is 0 Å². The van der Waals surface area contributed by atoms with Gasteiger partial charge in [-0.1, -0.05) is 27.2 Å². The van der Waals surface area contributed by atoms with Crippen LogP contribution < -0.4 is 0 Å². The summed E-state index contributed by atoms with van der Waals surface area (Å²) < 4.78 is 0. The molecule has 0 spiro atoms. The fraction of sp³-hybridized carbons (Fsp3) is 0.923. The number of fused-ring (bicyclic) bond motifs is 1. The molecule has 3 atom stereocenters. The molecular weight excluding hydrogens is 188 g/mol. The first-order chi connectivity index (χ1) is 6.89.